The average molecular weight is 366 g/mol. The molecule has 1 atom stereocenters. The maximum absolute atomic E-state index is 13.6. The molecule has 6 nitrogen and oxygen atoms in total. The zero-order chi connectivity index (χ0) is 16.4. The van der Waals surface area contributed by atoms with E-state index in [1.165, 1.54) is 12.1 Å². The van der Waals surface area contributed by atoms with Gasteiger partial charge in [0.2, 0.25) is 15.9 Å². The molecule has 1 aromatic carbocycles. The summed E-state index contributed by atoms with van der Waals surface area (Å²) >= 11 is 0. The van der Waals surface area contributed by atoms with Crippen LogP contribution < -0.4 is 15.4 Å². The van der Waals surface area contributed by atoms with Gasteiger partial charge in [0.15, 0.2) is 0 Å². The molecule has 2 rings (SSSR count). The van der Waals surface area contributed by atoms with Gasteiger partial charge in [-0.15, -0.1) is 12.4 Å². The maximum Gasteiger partial charge on any atom is 0.244 e. The van der Waals surface area contributed by atoms with E-state index >= 15 is 0 Å². The summed E-state index contributed by atoms with van der Waals surface area (Å²) in [7, 11) is -3.59. The first-order chi connectivity index (χ1) is 10.3. The van der Waals surface area contributed by atoms with Crippen molar-refractivity contribution in [1.29, 1.82) is 0 Å². The maximum atomic E-state index is 13.6. The fraction of sp³-hybridized carbons (Fsp3) is 0.500. The van der Waals surface area contributed by atoms with Crippen LogP contribution in [0.3, 0.4) is 0 Å². The van der Waals surface area contributed by atoms with Gasteiger partial charge in [-0.1, -0.05) is 6.92 Å². The van der Waals surface area contributed by atoms with Gasteiger partial charge >= 0.3 is 0 Å². The highest BCUT2D eigenvalue weighted by Gasteiger charge is 2.39. The Hall–Kier alpha value is -1.38. The fourth-order valence-electron chi connectivity index (χ4n) is 2.59. The molecule has 0 spiro atoms. The zero-order valence-electron chi connectivity index (χ0n) is 13.0. The minimum Gasteiger partial charge on any atom is -0.324 e. The van der Waals surface area contributed by atoms with E-state index < -0.39 is 21.4 Å². The van der Waals surface area contributed by atoms with E-state index in [2.05, 4.69) is 15.4 Å². The number of anilines is 2. The van der Waals surface area contributed by atoms with E-state index in [4.69, 9.17) is 0 Å². The highest BCUT2D eigenvalue weighted by molar-refractivity contribution is 7.92. The predicted molar refractivity (Wildman–Crippen MR) is 91.0 cm³/mol. The van der Waals surface area contributed by atoms with Gasteiger partial charge in [-0.2, -0.15) is 0 Å². The second kappa shape index (κ2) is 7.46. The Morgan fingerprint density at radius 1 is 1.43 bits per heavy atom. The molecule has 0 aromatic heterocycles. The molecule has 23 heavy (non-hydrogen) atoms. The Morgan fingerprint density at radius 3 is 2.65 bits per heavy atom. The summed E-state index contributed by atoms with van der Waals surface area (Å²) in [5.74, 6) is -0.892. The standard InChI is InChI=1S/C14H20FN3O3S.ClH/c1-3-14(7-4-8-16-14)13(19)17-10-5-6-11(15)12(9-10)18-22(2,20)21;/h5-6,9,16,18H,3-4,7-8H2,1-2H3,(H,17,19);1H. The monoisotopic (exact) mass is 365 g/mol. The van der Waals surface area contributed by atoms with Crippen molar-refractivity contribution in [3.8, 4) is 0 Å². The van der Waals surface area contributed by atoms with Crippen molar-refractivity contribution in [2.45, 2.75) is 31.7 Å². The van der Waals surface area contributed by atoms with Crippen LogP contribution in [0.15, 0.2) is 18.2 Å². The molecular formula is C14H21ClFN3O3S. The lowest BCUT2D eigenvalue weighted by atomic mass is 9.93. The van der Waals surface area contributed by atoms with Crippen molar-refractivity contribution in [1.82, 2.24) is 5.32 Å². The number of benzene rings is 1. The highest BCUT2D eigenvalue weighted by Crippen LogP contribution is 2.26. The molecule has 1 aliphatic heterocycles. The highest BCUT2D eigenvalue weighted by atomic mass is 35.5. The van der Waals surface area contributed by atoms with Crippen molar-refractivity contribution >= 4 is 39.7 Å². The van der Waals surface area contributed by atoms with E-state index in [-0.39, 0.29) is 24.0 Å². The molecule has 1 unspecified atom stereocenters. The normalized spacial score (nSPS) is 20.7. The lowest BCUT2D eigenvalue weighted by molar-refractivity contribution is -0.122. The quantitative estimate of drug-likeness (QED) is 0.745. The van der Waals surface area contributed by atoms with Gasteiger partial charge in [-0.25, -0.2) is 12.8 Å². The summed E-state index contributed by atoms with van der Waals surface area (Å²) in [5.41, 5.74) is -0.456. The van der Waals surface area contributed by atoms with Crippen LogP contribution in [0.5, 0.6) is 0 Å². The SMILES string of the molecule is CCC1(C(=O)Nc2ccc(F)c(NS(C)(=O)=O)c2)CCCN1.Cl. The van der Waals surface area contributed by atoms with Gasteiger partial charge in [0.1, 0.15) is 5.82 Å². The van der Waals surface area contributed by atoms with Crippen molar-refractivity contribution in [2.24, 2.45) is 0 Å². The lowest BCUT2D eigenvalue weighted by Crippen LogP contribution is -2.50. The topological polar surface area (TPSA) is 87.3 Å². The number of carbonyl (C=O) groups is 1. The van der Waals surface area contributed by atoms with E-state index in [0.717, 1.165) is 31.7 Å². The smallest absolute Gasteiger partial charge is 0.244 e. The Balaban J connectivity index is 0.00000264. The average Bonchev–Trinajstić information content (AvgIpc) is 2.91. The van der Waals surface area contributed by atoms with Crippen LogP contribution in [0, 0.1) is 5.82 Å². The molecule has 1 aromatic rings. The van der Waals surface area contributed by atoms with Crippen molar-refractivity contribution < 1.29 is 17.6 Å². The van der Waals surface area contributed by atoms with E-state index in [1.54, 1.807) is 0 Å². The molecule has 0 saturated carbocycles. The molecule has 1 amide bonds. The number of carbonyl (C=O) groups excluding carboxylic acids is 1. The molecule has 9 heteroatoms. The lowest BCUT2D eigenvalue weighted by Gasteiger charge is -2.26. The fourth-order valence-corrected chi connectivity index (χ4v) is 3.15. The Kier molecular flexibility index (Phi) is 6.38. The molecule has 130 valence electrons. The van der Waals surface area contributed by atoms with Gasteiger partial charge in [-0.3, -0.25) is 9.52 Å². The number of hydrogen-bond acceptors (Lipinski definition) is 4. The summed E-state index contributed by atoms with van der Waals surface area (Å²) in [4.78, 5) is 12.4. The molecule has 1 aliphatic rings. The van der Waals surface area contributed by atoms with Crippen LogP contribution in [0.4, 0.5) is 15.8 Å². The van der Waals surface area contributed by atoms with Crippen LogP contribution in [0.1, 0.15) is 26.2 Å². The minimum absolute atomic E-state index is 0. The number of sulfonamides is 1. The number of hydrogen-bond donors (Lipinski definition) is 3. The zero-order valence-corrected chi connectivity index (χ0v) is 14.6. The second-order valence-corrected chi connectivity index (χ2v) is 7.24. The van der Waals surface area contributed by atoms with Gasteiger partial charge in [0.05, 0.1) is 17.5 Å². The first-order valence-corrected chi connectivity index (χ1v) is 8.99. The molecule has 1 fully saturated rings. The third kappa shape index (κ3) is 4.79. The van der Waals surface area contributed by atoms with Crippen LogP contribution in [0.25, 0.3) is 0 Å². The summed E-state index contributed by atoms with van der Waals surface area (Å²) < 4.78 is 38.1. The van der Waals surface area contributed by atoms with E-state index in [9.17, 15) is 17.6 Å². The third-order valence-electron chi connectivity index (χ3n) is 3.80. The summed E-state index contributed by atoms with van der Waals surface area (Å²) in [5, 5.41) is 5.93. The van der Waals surface area contributed by atoms with Crippen LogP contribution in [0.2, 0.25) is 0 Å². The first kappa shape index (κ1) is 19.7. The molecular weight excluding hydrogens is 345 g/mol. The number of amides is 1. The van der Waals surface area contributed by atoms with Crippen molar-refractivity contribution in [2.75, 3.05) is 22.8 Å². The van der Waals surface area contributed by atoms with Crippen molar-refractivity contribution in [3.05, 3.63) is 24.0 Å². The number of halogens is 2. The molecule has 0 radical (unpaired) electrons. The Bertz CT molecular complexity index is 676. The second-order valence-electron chi connectivity index (χ2n) is 5.49. The molecule has 1 saturated heterocycles. The van der Waals surface area contributed by atoms with Gasteiger partial charge in [0.25, 0.3) is 0 Å². The molecule has 3 N–H and O–H groups in total. The minimum atomic E-state index is -3.59. The molecule has 1 heterocycles. The Morgan fingerprint density at radius 2 is 2.13 bits per heavy atom. The van der Waals surface area contributed by atoms with Crippen LogP contribution in [-0.4, -0.2) is 32.7 Å². The van der Waals surface area contributed by atoms with Gasteiger partial charge in [0, 0.05) is 5.69 Å². The van der Waals surface area contributed by atoms with E-state index in [0.29, 0.717) is 12.1 Å². The third-order valence-corrected chi connectivity index (χ3v) is 4.39. The van der Waals surface area contributed by atoms with Crippen LogP contribution in [-0.2, 0) is 14.8 Å². The van der Waals surface area contributed by atoms with Gasteiger partial charge in [-0.05, 0) is 44.0 Å². The number of nitrogens with one attached hydrogen (secondary N) is 3. The van der Waals surface area contributed by atoms with Crippen molar-refractivity contribution in [3.63, 3.8) is 0 Å². The number of rotatable bonds is 5. The van der Waals surface area contributed by atoms with Crippen LogP contribution >= 0.6 is 12.4 Å². The summed E-state index contributed by atoms with van der Waals surface area (Å²) in [6, 6.07) is 3.79. The predicted octanol–water partition coefficient (Wildman–Crippen LogP) is 2.09. The largest absolute Gasteiger partial charge is 0.324 e. The van der Waals surface area contributed by atoms with E-state index in [1.807, 2.05) is 6.92 Å². The molecule has 0 aliphatic carbocycles. The summed E-state index contributed by atoms with van der Waals surface area (Å²) in [6.45, 7) is 2.71. The Labute approximate surface area is 141 Å². The first-order valence-electron chi connectivity index (χ1n) is 7.09. The molecule has 0 bridgehead atoms. The van der Waals surface area contributed by atoms with Gasteiger partial charge < -0.3 is 10.6 Å². The summed E-state index contributed by atoms with van der Waals surface area (Å²) in [6.07, 6.45) is 3.25.